The van der Waals surface area contributed by atoms with Crippen LogP contribution in [0.2, 0.25) is 5.02 Å². The molecular formula is C17H15ClN4OS. The molecule has 0 aliphatic heterocycles. The molecule has 3 aromatic heterocycles. The van der Waals surface area contributed by atoms with Gasteiger partial charge < -0.3 is 4.42 Å². The van der Waals surface area contributed by atoms with Crippen LogP contribution >= 0.6 is 22.9 Å². The van der Waals surface area contributed by atoms with Crippen LogP contribution < -0.4 is 0 Å². The number of rotatable bonds is 4. The van der Waals surface area contributed by atoms with Crippen molar-refractivity contribution in [1.82, 2.24) is 19.8 Å². The van der Waals surface area contributed by atoms with Gasteiger partial charge in [-0.05, 0) is 31.5 Å². The van der Waals surface area contributed by atoms with E-state index in [0.29, 0.717) is 5.02 Å². The van der Waals surface area contributed by atoms with E-state index < -0.39 is 0 Å². The number of benzene rings is 1. The third-order valence-corrected chi connectivity index (χ3v) is 5.08. The molecule has 122 valence electrons. The molecule has 0 aliphatic rings. The van der Waals surface area contributed by atoms with Crippen molar-refractivity contribution < 1.29 is 4.42 Å². The Morgan fingerprint density at radius 3 is 2.83 bits per heavy atom. The van der Waals surface area contributed by atoms with Crippen molar-refractivity contribution in [3.05, 3.63) is 46.9 Å². The predicted octanol–water partition coefficient (Wildman–Crippen LogP) is 5.03. The molecule has 0 radical (unpaired) electrons. The molecule has 0 bridgehead atoms. The largest absolute Gasteiger partial charge is 0.461 e. The van der Waals surface area contributed by atoms with E-state index in [1.807, 2.05) is 41.8 Å². The fourth-order valence-electron chi connectivity index (χ4n) is 2.63. The fourth-order valence-corrected chi connectivity index (χ4v) is 3.79. The molecule has 0 N–H and O–H groups in total. The summed E-state index contributed by atoms with van der Waals surface area (Å²) >= 11 is 7.78. The summed E-state index contributed by atoms with van der Waals surface area (Å²) in [4.78, 5) is 0.799. The van der Waals surface area contributed by atoms with Gasteiger partial charge in [0.25, 0.3) is 0 Å². The van der Waals surface area contributed by atoms with Gasteiger partial charge in [0.2, 0.25) is 4.96 Å². The van der Waals surface area contributed by atoms with E-state index in [9.17, 15) is 0 Å². The summed E-state index contributed by atoms with van der Waals surface area (Å²) in [7, 11) is 0. The van der Waals surface area contributed by atoms with Crippen molar-refractivity contribution in [3.8, 4) is 21.9 Å². The monoisotopic (exact) mass is 358 g/mol. The van der Waals surface area contributed by atoms with Gasteiger partial charge in [-0.2, -0.15) is 9.61 Å². The molecule has 7 heteroatoms. The molecule has 5 nitrogen and oxygen atoms in total. The van der Waals surface area contributed by atoms with Crippen LogP contribution in [-0.4, -0.2) is 19.8 Å². The number of hydrogen-bond acceptors (Lipinski definition) is 5. The summed E-state index contributed by atoms with van der Waals surface area (Å²) < 4.78 is 7.75. The number of aromatic nitrogens is 4. The molecule has 0 atom stereocenters. The second-order valence-corrected chi connectivity index (χ2v) is 6.89. The summed E-state index contributed by atoms with van der Waals surface area (Å²) in [5.74, 6) is 2.45. The number of fused-ring (bicyclic) bond motifs is 1. The fraction of sp³-hybridized carbons (Fsp3) is 0.235. The van der Waals surface area contributed by atoms with Crippen LogP contribution in [0.1, 0.15) is 24.9 Å². The van der Waals surface area contributed by atoms with E-state index in [-0.39, 0.29) is 0 Å². The zero-order valence-electron chi connectivity index (χ0n) is 13.3. The highest BCUT2D eigenvalue weighted by atomic mass is 35.5. The first-order valence-electron chi connectivity index (χ1n) is 7.74. The third kappa shape index (κ3) is 2.52. The quantitative estimate of drug-likeness (QED) is 0.513. The molecule has 0 fully saturated rings. The van der Waals surface area contributed by atoms with Gasteiger partial charge in [-0.3, -0.25) is 0 Å². The van der Waals surface area contributed by atoms with Crippen LogP contribution in [0.5, 0.6) is 0 Å². The number of aryl methyl sites for hydroxylation is 2. The molecule has 24 heavy (non-hydrogen) atoms. The van der Waals surface area contributed by atoms with E-state index >= 15 is 0 Å². The number of halogens is 1. The molecule has 3 heterocycles. The van der Waals surface area contributed by atoms with Crippen LogP contribution in [0.15, 0.2) is 34.7 Å². The van der Waals surface area contributed by atoms with Crippen LogP contribution in [0, 0.1) is 6.92 Å². The van der Waals surface area contributed by atoms with Crippen molar-refractivity contribution in [3.63, 3.8) is 0 Å². The Morgan fingerprint density at radius 2 is 2.04 bits per heavy atom. The summed E-state index contributed by atoms with van der Waals surface area (Å²) in [6.07, 6.45) is 1.87. The van der Waals surface area contributed by atoms with Crippen molar-refractivity contribution in [2.45, 2.75) is 26.7 Å². The molecule has 0 spiro atoms. The van der Waals surface area contributed by atoms with Crippen molar-refractivity contribution >= 4 is 27.9 Å². The molecule has 4 rings (SSSR count). The van der Waals surface area contributed by atoms with Gasteiger partial charge in [-0.25, -0.2) is 0 Å². The SMILES string of the molecule is CCCc1nnc2sc(-c3cc(-c4ccccc4Cl)oc3C)nn12. The lowest BCUT2D eigenvalue weighted by atomic mass is 10.1. The average Bonchev–Trinajstić information content (AvgIpc) is 3.23. The Morgan fingerprint density at radius 1 is 1.21 bits per heavy atom. The van der Waals surface area contributed by atoms with E-state index in [2.05, 4.69) is 22.2 Å². The lowest BCUT2D eigenvalue weighted by molar-refractivity contribution is 0.549. The van der Waals surface area contributed by atoms with Crippen LogP contribution in [0.25, 0.3) is 26.9 Å². The lowest BCUT2D eigenvalue weighted by Crippen LogP contribution is -1.95. The summed E-state index contributed by atoms with van der Waals surface area (Å²) in [5.41, 5.74) is 1.84. The zero-order valence-corrected chi connectivity index (χ0v) is 14.9. The minimum absolute atomic E-state index is 0.668. The maximum atomic E-state index is 6.27. The lowest BCUT2D eigenvalue weighted by Gasteiger charge is -1.98. The van der Waals surface area contributed by atoms with E-state index in [1.54, 1.807) is 0 Å². The van der Waals surface area contributed by atoms with Crippen molar-refractivity contribution in [2.24, 2.45) is 0 Å². The summed E-state index contributed by atoms with van der Waals surface area (Å²) in [6.45, 7) is 4.05. The predicted molar refractivity (Wildman–Crippen MR) is 95.5 cm³/mol. The Kier molecular flexibility index (Phi) is 3.86. The zero-order chi connectivity index (χ0) is 16.7. The number of nitrogens with zero attached hydrogens (tertiary/aromatic N) is 4. The third-order valence-electron chi connectivity index (χ3n) is 3.82. The Labute approximate surface area is 147 Å². The van der Waals surface area contributed by atoms with Crippen LogP contribution in [-0.2, 0) is 6.42 Å². The smallest absolute Gasteiger partial charge is 0.234 e. The Bertz CT molecular complexity index is 1020. The summed E-state index contributed by atoms with van der Waals surface area (Å²) in [6, 6.07) is 9.64. The van der Waals surface area contributed by atoms with Gasteiger partial charge >= 0.3 is 0 Å². The standard InChI is InChI=1S/C17H15ClN4OS/c1-3-6-15-19-20-17-22(15)21-16(24-17)12-9-14(23-10(12)2)11-7-4-5-8-13(11)18/h4-5,7-9H,3,6H2,1-2H3. The van der Waals surface area contributed by atoms with Crippen LogP contribution in [0.4, 0.5) is 0 Å². The Balaban J connectivity index is 1.79. The second kappa shape index (κ2) is 6.03. The van der Waals surface area contributed by atoms with Crippen molar-refractivity contribution in [2.75, 3.05) is 0 Å². The number of hydrogen-bond donors (Lipinski definition) is 0. The highest BCUT2D eigenvalue weighted by Gasteiger charge is 2.18. The van der Waals surface area contributed by atoms with Crippen molar-refractivity contribution in [1.29, 1.82) is 0 Å². The van der Waals surface area contributed by atoms with Gasteiger partial charge in [0.15, 0.2) is 10.8 Å². The molecule has 1 aromatic carbocycles. The molecule has 0 saturated carbocycles. The maximum Gasteiger partial charge on any atom is 0.234 e. The molecule has 0 amide bonds. The first kappa shape index (κ1) is 15.4. The second-order valence-electron chi connectivity index (χ2n) is 5.53. The Hall–Kier alpha value is -2.18. The number of furan rings is 1. The highest BCUT2D eigenvalue weighted by Crippen LogP contribution is 2.36. The normalized spacial score (nSPS) is 11.5. The maximum absolute atomic E-state index is 6.27. The minimum Gasteiger partial charge on any atom is -0.461 e. The van der Waals surface area contributed by atoms with E-state index in [1.165, 1.54) is 11.3 Å². The van der Waals surface area contributed by atoms with E-state index in [4.69, 9.17) is 16.0 Å². The molecule has 0 unspecified atom stereocenters. The topological polar surface area (TPSA) is 56.2 Å². The van der Waals surface area contributed by atoms with Gasteiger partial charge in [0.1, 0.15) is 11.5 Å². The molecule has 0 aliphatic carbocycles. The summed E-state index contributed by atoms with van der Waals surface area (Å²) in [5, 5.41) is 14.6. The minimum atomic E-state index is 0.668. The van der Waals surface area contributed by atoms with Crippen LogP contribution in [0.3, 0.4) is 0 Å². The molecular weight excluding hydrogens is 344 g/mol. The van der Waals surface area contributed by atoms with Gasteiger partial charge in [0, 0.05) is 12.0 Å². The average molecular weight is 359 g/mol. The van der Waals surface area contributed by atoms with Gasteiger partial charge in [-0.1, -0.05) is 42.0 Å². The highest BCUT2D eigenvalue weighted by molar-refractivity contribution is 7.19. The first-order valence-corrected chi connectivity index (χ1v) is 8.93. The molecule has 4 aromatic rings. The van der Waals surface area contributed by atoms with E-state index in [0.717, 1.165) is 51.3 Å². The van der Waals surface area contributed by atoms with Gasteiger partial charge in [-0.15, -0.1) is 10.2 Å². The van der Waals surface area contributed by atoms with Gasteiger partial charge in [0.05, 0.1) is 10.6 Å². The first-order chi connectivity index (χ1) is 11.7. The molecule has 0 saturated heterocycles.